The molecule has 0 amide bonds. The van der Waals surface area contributed by atoms with Crippen LogP contribution in [0, 0.1) is 6.92 Å². The number of thiophene rings is 1. The highest BCUT2D eigenvalue weighted by molar-refractivity contribution is 9.10. The minimum atomic E-state index is 0.0613. The van der Waals surface area contributed by atoms with Gasteiger partial charge in [0.25, 0.3) is 0 Å². The van der Waals surface area contributed by atoms with Crippen LogP contribution < -0.4 is 5.32 Å². The molecule has 1 atom stereocenters. The third-order valence-corrected chi connectivity index (χ3v) is 5.18. The van der Waals surface area contributed by atoms with E-state index in [1.807, 2.05) is 32.2 Å². The van der Waals surface area contributed by atoms with Crippen molar-refractivity contribution in [1.82, 2.24) is 5.32 Å². The molecule has 1 N–H and O–H groups in total. The largest absolute Gasteiger partial charge is 0.309 e. The Bertz CT molecular complexity index is 549. The second kappa shape index (κ2) is 5.93. The topological polar surface area (TPSA) is 12.0 Å². The van der Waals surface area contributed by atoms with E-state index >= 15 is 0 Å². The van der Waals surface area contributed by atoms with Gasteiger partial charge in [-0.1, -0.05) is 39.1 Å². The molecule has 0 bridgehead atoms. The molecular formula is C13H12BrCl2NS. The van der Waals surface area contributed by atoms with Gasteiger partial charge in [-0.2, -0.15) is 0 Å². The molecule has 1 aromatic heterocycles. The highest BCUT2D eigenvalue weighted by Gasteiger charge is 2.18. The first-order valence-corrected chi connectivity index (χ1v) is 7.77. The number of hydrogen-bond donors (Lipinski definition) is 1. The maximum absolute atomic E-state index is 6.28. The summed E-state index contributed by atoms with van der Waals surface area (Å²) in [5, 5.41) is 4.04. The van der Waals surface area contributed by atoms with Crippen LogP contribution in [0.3, 0.4) is 0 Å². The van der Waals surface area contributed by atoms with Crippen molar-refractivity contribution in [3.8, 4) is 0 Å². The number of aryl methyl sites for hydroxylation is 1. The summed E-state index contributed by atoms with van der Waals surface area (Å²) >= 11 is 17.5. The van der Waals surface area contributed by atoms with E-state index < -0.39 is 0 Å². The van der Waals surface area contributed by atoms with Crippen molar-refractivity contribution in [2.75, 3.05) is 7.05 Å². The summed E-state index contributed by atoms with van der Waals surface area (Å²) in [5.74, 6) is 0. The normalized spacial score (nSPS) is 12.7. The fraction of sp³-hybridized carbons (Fsp3) is 0.231. The molecule has 5 heteroatoms. The van der Waals surface area contributed by atoms with Gasteiger partial charge in [0, 0.05) is 14.4 Å². The van der Waals surface area contributed by atoms with Crippen LogP contribution in [-0.4, -0.2) is 7.05 Å². The Labute approximate surface area is 129 Å². The van der Waals surface area contributed by atoms with Crippen LogP contribution in [0.5, 0.6) is 0 Å². The molecule has 18 heavy (non-hydrogen) atoms. The molecule has 0 aliphatic rings. The smallest absolute Gasteiger partial charge is 0.0961 e. The lowest BCUT2D eigenvalue weighted by atomic mass is 10.1. The third kappa shape index (κ3) is 2.91. The third-order valence-electron chi connectivity index (χ3n) is 2.72. The highest BCUT2D eigenvalue weighted by Crippen LogP contribution is 2.37. The van der Waals surface area contributed by atoms with Gasteiger partial charge in [0.2, 0.25) is 0 Å². The Kier molecular flexibility index (Phi) is 4.73. The van der Waals surface area contributed by atoms with Crippen molar-refractivity contribution in [2.45, 2.75) is 13.0 Å². The first-order chi connectivity index (χ1) is 8.52. The molecule has 0 saturated heterocycles. The lowest BCUT2D eigenvalue weighted by Crippen LogP contribution is -2.16. The summed E-state index contributed by atoms with van der Waals surface area (Å²) in [6.07, 6.45) is 0. The number of rotatable bonds is 3. The summed E-state index contributed by atoms with van der Waals surface area (Å²) < 4.78 is 1.85. The van der Waals surface area contributed by atoms with E-state index in [2.05, 4.69) is 27.3 Å². The predicted octanol–water partition coefficient (Wildman–Crippen LogP) is 5.43. The Morgan fingerprint density at radius 2 is 2.00 bits per heavy atom. The van der Waals surface area contributed by atoms with Gasteiger partial charge in [-0.05, 0) is 49.4 Å². The summed E-state index contributed by atoms with van der Waals surface area (Å²) in [5.41, 5.74) is 2.15. The molecule has 0 radical (unpaired) electrons. The van der Waals surface area contributed by atoms with Crippen LogP contribution >= 0.6 is 50.5 Å². The van der Waals surface area contributed by atoms with E-state index in [9.17, 15) is 0 Å². The molecule has 2 aromatic rings. The Morgan fingerprint density at radius 1 is 1.28 bits per heavy atom. The van der Waals surface area contributed by atoms with Crippen molar-refractivity contribution in [1.29, 1.82) is 0 Å². The van der Waals surface area contributed by atoms with Gasteiger partial charge < -0.3 is 5.32 Å². The molecule has 96 valence electrons. The van der Waals surface area contributed by atoms with Gasteiger partial charge in [0.15, 0.2) is 0 Å². The van der Waals surface area contributed by atoms with E-state index in [-0.39, 0.29) is 6.04 Å². The number of hydrogen-bond acceptors (Lipinski definition) is 2. The molecular weight excluding hydrogens is 353 g/mol. The maximum atomic E-state index is 6.28. The van der Waals surface area contributed by atoms with E-state index in [0.29, 0.717) is 0 Å². The quantitative estimate of drug-likeness (QED) is 0.765. The monoisotopic (exact) mass is 363 g/mol. The molecule has 0 fully saturated rings. The second-order valence-corrected chi connectivity index (χ2v) is 7.00. The minimum absolute atomic E-state index is 0.0613. The Balaban J connectivity index is 2.48. The van der Waals surface area contributed by atoms with Gasteiger partial charge in [-0.3, -0.25) is 0 Å². The van der Waals surface area contributed by atoms with Gasteiger partial charge in [0.1, 0.15) is 0 Å². The van der Waals surface area contributed by atoms with Gasteiger partial charge >= 0.3 is 0 Å². The van der Waals surface area contributed by atoms with Crippen LogP contribution in [0.25, 0.3) is 0 Å². The van der Waals surface area contributed by atoms with Crippen LogP contribution in [-0.2, 0) is 0 Å². The van der Waals surface area contributed by atoms with Gasteiger partial charge in [-0.15, -0.1) is 11.3 Å². The molecule has 1 unspecified atom stereocenters. The van der Waals surface area contributed by atoms with Crippen molar-refractivity contribution in [3.63, 3.8) is 0 Å². The van der Waals surface area contributed by atoms with Crippen molar-refractivity contribution < 1.29 is 0 Å². The molecule has 0 spiro atoms. The lowest BCUT2D eigenvalue weighted by molar-refractivity contribution is 0.703. The maximum Gasteiger partial charge on any atom is 0.0961 e. The SMILES string of the molecule is CNC(c1cc(C)c(Cl)s1)c1cc(Br)ccc1Cl. The first-order valence-electron chi connectivity index (χ1n) is 5.41. The molecule has 2 rings (SSSR count). The minimum Gasteiger partial charge on any atom is -0.309 e. The highest BCUT2D eigenvalue weighted by atomic mass is 79.9. The lowest BCUT2D eigenvalue weighted by Gasteiger charge is -2.17. The van der Waals surface area contributed by atoms with Crippen LogP contribution in [0.2, 0.25) is 9.36 Å². The fourth-order valence-corrected chi connectivity index (χ4v) is 3.77. The van der Waals surface area contributed by atoms with Crippen molar-refractivity contribution in [3.05, 3.63) is 54.1 Å². The number of benzene rings is 1. The average Bonchev–Trinajstić information content (AvgIpc) is 2.65. The first kappa shape index (κ1) is 14.4. The van der Waals surface area contributed by atoms with Gasteiger partial charge in [0.05, 0.1) is 10.4 Å². The molecule has 1 aromatic carbocycles. The zero-order chi connectivity index (χ0) is 13.3. The average molecular weight is 365 g/mol. The van der Waals surface area contributed by atoms with Crippen molar-refractivity contribution >= 4 is 50.5 Å². The van der Waals surface area contributed by atoms with Crippen LogP contribution in [0.15, 0.2) is 28.7 Å². The number of nitrogens with one attached hydrogen (secondary N) is 1. The standard InChI is InChI=1S/C13H12BrCl2NS/c1-7-5-11(18-13(7)16)12(17-2)9-6-8(14)3-4-10(9)15/h3-6,12,17H,1-2H3. The van der Waals surface area contributed by atoms with Crippen molar-refractivity contribution in [2.24, 2.45) is 0 Å². The summed E-state index contributed by atoms with van der Waals surface area (Å²) in [6.45, 7) is 2.01. The number of halogens is 3. The van der Waals surface area contributed by atoms with E-state index in [4.69, 9.17) is 23.2 Å². The van der Waals surface area contributed by atoms with E-state index in [1.54, 1.807) is 11.3 Å². The molecule has 0 aliphatic carbocycles. The molecule has 1 heterocycles. The van der Waals surface area contributed by atoms with Crippen LogP contribution in [0.4, 0.5) is 0 Å². The molecule has 0 saturated carbocycles. The zero-order valence-electron chi connectivity index (χ0n) is 9.93. The Morgan fingerprint density at radius 3 is 2.56 bits per heavy atom. The zero-order valence-corrected chi connectivity index (χ0v) is 13.8. The Hall–Kier alpha value is -0.0600. The van der Waals surface area contributed by atoms with E-state index in [0.717, 1.165) is 25.0 Å². The fourth-order valence-electron chi connectivity index (χ4n) is 1.81. The van der Waals surface area contributed by atoms with E-state index in [1.165, 1.54) is 4.88 Å². The van der Waals surface area contributed by atoms with Gasteiger partial charge in [-0.25, -0.2) is 0 Å². The molecule has 1 nitrogen and oxygen atoms in total. The summed E-state index contributed by atoms with van der Waals surface area (Å²) in [7, 11) is 1.92. The summed E-state index contributed by atoms with van der Waals surface area (Å²) in [4.78, 5) is 1.17. The predicted molar refractivity (Wildman–Crippen MR) is 84.1 cm³/mol. The molecule has 0 aliphatic heterocycles. The van der Waals surface area contributed by atoms with Crippen LogP contribution in [0.1, 0.15) is 22.0 Å². The summed E-state index contributed by atoms with van der Waals surface area (Å²) in [6, 6.07) is 8.03. The second-order valence-electron chi connectivity index (χ2n) is 3.99.